The standard InChI is InChI=1S/C30H35Cl2N3O5S/c1-4-6-18-33-30(37)28(5-2)34(20-22-10-14-26(40-3)15-11-22)29(36)21-35(25-9-7-8-24(32)19-25)41(38,39)27-16-12-23(31)13-17-27/h7-17,19,28H,4-6,18,20-21H2,1-3H3,(H,33,37)/t28-/m0/s1. The lowest BCUT2D eigenvalue weighted by Gasteiger charge is -2.33. The number of hydrogen-bond donors (Lipinski definition) is 1. The fourth-order valence-electron chi connectivity index (χ4n) is 4.25. The summed E-state index contributed by atoms with van der Waals surface area (Å²) in [6.45, 7) is 3.86. The highest BCUT2D eigenvalue weighted by molar-refractivity contribution is 7.92. The number of methoxy groups -OCH3 is 1. The zero-order chi connectivity index (χ0) is 30.0. The fourth-order valence-corrected chi connectivity index (χ4v) is 5.96. The van der Waals surface area contributed by atoms with Crippen LogP contribution < -0.4 is 14.4 Å². The third-order valence-corrected chi connectivity index (χ3v) is 8.78. The van der Waals surface area contributed by atoms with Gasteiger partial charge < -0.3 is 15.0 Å². The average molecular weight is 621 g/mol. The molecule has 0 aromatic heterocycles. The van der Waals surface area contributed by atoms with Crippen LogP contribution in [0.4, 0.5) is 5.69 Å². The van der Waals surface area contributed by atoms with E-state index in [4.69, 9.17) is 27.9 Å². The highest BCUT2D eigenvalue weighted by Crippen LogP contribution is 2.28. The van der Waals surface area contributed by atoms with Crippen LogP contribution in [0.2, 0.25) is 10.0 Å². The summed E-state index contributed by atoms with van der Waals surface area (Å²) in [7, 11) is -2.66. The van der Waals surface area contributed by atoms with Crippen molar-refractivity contribution in [2.75, 3.05) is 24.5 Å². The molecule has 8 nitrogen and oxygen atoms in total. The first-order valence-corrected chi connectivity index (χ1v) is 15.5. The maximum Gasteiger partial charge on any atom is 0.264 e. The van der Waals surface area contributed by atoms with Gasteiger partial charge in [-0.25, -0.2) is 8.42 Å². The Morgan fingerprint density at radius 3 is 2.22 bits per heavy atom. The van der Waals surface area contributed by atoms with Gasteiger partial charge in [-0.2, -0.15) is 0 Å². The summed E-state index contributed by atoms with van der Waals surface area (Å²) in [4.78, 5) is 28.7. The first-order chi connectivity index (χ1) is 19.6. The molecule has 3 aromatic rings. The molecule has 0 saturated carbocycles. The number of nitrogens with one attached hydrogen (secondary N) is 1. The monoisotopic (exact) mass is 619 g/mol. The third kappa shape index (κ3) is 8.61. The van der Waals surface area contributed by atoms with Crippen LogP contribution in [-0.4, -0.2) is 51.4 Å². The van der Waals surface area contributed by atoms with Gasteiger partial charge in [-0.1, -0.05) is 61.7 Å². The molecule has 3 rings (SSSR count). The Labute approximate surface area is 252 Å². The van der Waals surface area contributed by atoms with Gasteiger partial charge in [0, 0.05) is 23.1 Å². The van der Waals surface area contributed by atoms with Gasteiger partial charge in [0.2, 0.25) is 11.8 Å². The predicted octanol–water partition coefficient (Wildman–Crippen LogP) is 5.92. The number of carbonyl (C=O) groups excluding carboxylic acids is 2. The molecule has 0 saturated heterocycles. The molecule has 0 radical (unpaired) electrons. The number of hydrogen-bond acceptors (Lipinski definition) is 5. The van der Waals surface area contributed by atoms with E-state index in [1.54, 1.807) is 49.6 Å². The number of carbonyl (C=O) groups is 2. The number of benzene rings is 3. The minimum Gasteiger partial charge on any atom is -0.497 e. The van der Waals surface area contributed by atoms with E-state index in [0.717, 1.165) is 22.7 Å². The smallest absolute Gasteiger partial charge is 0.264 e. The molecule has 0 aliphatic carbocycles. The molecule has 220 valence electrons. The van der Waals surface area contributed by atoms with E-state index < -0.39 is 28.5 Å². The molecule has 0 spiro atoms. The number of halogens is 2. The van der Waals surface area contributed by atoms with Crippen LogP contribution >= 0.6 is 23.2 Å². The second-order valence-electron chi connectivity index (χ2n) is 9.38. The molecule has 0 aliphatic rings. The minimum absolute atomic E-state index is 0.0410. The van der Waals surface area contributed by atoms with Gasteiger partial charge in [-0.3, -0.25) is 13.9 Å². The van der Waals surface area contributed by atoms with Gasteiger partial charge in [0.1, 0.15) is 18.3 Å². The van der Waals surface area contributed by atoms with E-state index in [9.17, 15) is 18.0 Å². The van der Waals surface area contributed by atoms with Gasteiger partial charge in [-0.15, -0.1) is 0 Å². The molecule has 1 atom stereocenters. The number of ether oxygens (including phenoxy) is 1. The molecular weight excluding hydrogens is 585 g/mol. The highest BCUT2D eigenvalue weighted by Gasteiger charge is 2.33. The van der Waals surface area contributed by atoms with Crippen LogP contribution in [0.25, 0.3) is 0 Å². The van der Waals surface area contributed by atoms with Crippen molar-refractivity contribution in [1.29, 1.82) is 0 Å². The van der Waals surface area contributed by atoms with Crippen molar-refractivity contribution >= 4 is 50.7 Å². The van der Waals surface area contributed by atoms with E-state index in [1.807, 2.05) is 13.8 Å². The molecule has 0 bridgehead atoms. The van der Waals surface area contributed by atoms with E-state index in [2.05, 4.69) is 5.32 Å². The summed E-state index contributed by atoms with van der Waals surface area (Å²) >= 11 is 12.2. The Kier molecular flexibility index (Phi) is 11.9. The number of sulfonamides is 1. The molecule has 2 amide bonds. The maximum atomic E-state index is 14.1. The van der Waals surface area contributed by atoms with E-state index in [0.29, 0.717) is 28.8 Å². The van der Waals surface area contributed by atoms with Crippen LogP contribution in [0, 0.1) is 0 Å². The summed E-state index contributed by atoms with van der Waals surface area (Å²) in [5, 5.41) is 3.60. The topological polar surface area (TPSA) is 96.0 Å². The van der Waals surface area contributed by atoms with Crippen molar-refractivity contribution in [1.82, 2.24) is 10.2 Å². The van der Waals surface area contributed by atoms with Crippen LogP contribution in [0.1, 0.15) is 38.7 Å². The SMILES string of the molecule is CCCCNC(=O)[C@H](CC)N(Cc1ccc(OC)cc1)C(=O)CN(c1cccc(Cl)c1)S(=O)(=O)c1ccc(Cl)cc1. The number of unbranched alkanes of at least 4 members (excludes halogenated alkanes) is 1. The molecule has 0 fully saturated rings. The summed E-state index contributed by atoms with van der Waals surface area (Å²) in [6, 6.07) is 18.3. The van der Waals surface area contributed by atoms with E-state index in [1.165, 1.54) is 35.2 Å². The van der Waals surface area contributed by atoms with E-state index >= 15 is 0 Å². The maximum absolute atomic E-state index is 14.1. The Hall–Kier alpha value is -3.27. The van der Waals surface area contributed by atoms with Gasteiger partial charge in [-0.05, 0) is 73.0 Å². The molecule has 3 aromatic carbocycles. The van der Waals surface area contributed by atoms with Gasteiger partial charge in [0.15, 0.2) is 0 Å². The number of anilines is 1. The fraction of sp³-hybridized carbons (Fsp3) is 0.333. The number of rotatable bonds is 14. The molecular formula is C30H35Cl2N3O5S. The van der Waals surface area contributed by atoms with Crippen molar-refractivity contribution in [2.45, 2.75) is 50.6 Å². The molecule has 41 heavy (non-hydrogen) atoms. The van der Waals surface area contributed by atoms with Crippen molar-refractivity contribution in [3.63, 3.8) is 0 Å². The summed E-state index contributed by atoms with van der Waals surface area (Å²) < 4.78 is 34.0. The van der Waals surface area contributed by atoms with Gasteiger partial charge in [0.05, 0.1) is 17.7 Å². The van der Waals surface area contributed by atoms with Crippen molar-refractivity contribution in [2.24, 2.45) is 0 Å². The lowest BCUT2D eigenvalue weighted by Crippen LogP contribution is -2.52. The van der Waals surface area contributed by atoms with Gasteiger partial charge >= 0.3 is 0 Å². The van der Waals surface area contributed by atoms with Crippen LogP contribution in [0.3, 0.4) is 0 Å². The van der Waals surface area contributed by atoms with E-state index in [-0.39, 0.29) is 23.0 Å². The van der Waals surface area contributed by atoms with Crippen LogP contribution in [0.15, 0.2) is 77.7 Å². The Morgan fingerprint density at radius 1 is 0.951 bits per heavy atom. The Balaban J connectivity index is 2.03. The second-order valence-corrected chi connectivity index (χ2v) is 12.1. The Bertz CT molecular complexity index is 1420. The molecule has 0 aliphatic heterocycles. The normalized spacial score (nSPS) is 11.9. The van der Waals surface area contributed by atoms with Crippen molar-refractivity contribution in [3.8, 4) is 5.75 Å². The van der Waals surface area contributed by atoms with Crippen molar-refractivity contribution < 1.29 is 22.7 Å². The first kappa shape index (κ1) is 32.2. The average Bonchev–Trinajstić information content (AvgIpc) is 2.96. The molecule has 1 N–H and O–H groups in total. The summed E-state index contributed by atoms with van der Waals surface area (Å²) in [5.41, 5.74) is 0.972. The summed E-state index contributed by atoms with van der Waals surface area (Å²) in [6.07, 6.45) is 2.04. The quantitative estimate of drug-likeness (QED) is 0.226. The first-order valence-electron chi connectivity index (χ1n) is 13.3. The van der Waals surface area contributed by atoms with Crippen LogP contribution in [0.5, 0.6) is 5.75 Å². The third-order valence-electron chi connectivity index (χ3n) is 6.50. The second kappa shape index (κ2) is 15.1. The summed E-state index contributed by atoms with van der Waals surface area (Å²) in [5.74, 6) is -0.189. The Morgan fingerprint density at radius 2 is 1.63 bits per heavy atom. The highest BCUT2D eigenvalue weighted by atomic mass is 35.5. The molecule has 0 unspecified atom stereocenters. The zero-order valence-corrected chi connectivity index (χ0v) is 25.7. The largest absolute Gasteiger partial charge is 0.497 e. The van der Waals surface area contributed by atoms with Crippen LogP contribution in [-0.2, 0) is 26.2 Å². The number of nitrogens with zero attached hydrogens (tertiary/aromatic N) is 2. The molecule has 11 heteroatoms. The van der Waals surface area contributed by atoms with Gasteiger partial charge in [0.25, 0.3) is 10.0 Å². The minimum atomic E-state index is -4.22. The zero-order valence-electron chi connectivity index (χ0n) is 23.3. The number of amides is 2. The lowest BCUT2D eigenvalue weighted by atomic mass is 10.1. The lowest BCUT2D eigenvalue weighted by molar-refractivity contribution is -0.140. The molecule has 0 heterocycles. The van der Waals surface area contributed by atoms with Crippen molar-refractivity contribution in [3.05, 3.63) is 88.4 Å². The predicted molar refractivity (Wildman–Crippen MR) is 163 cm³/mol.